The standard InChI is InChI=1S/C18H21ClN4O/c1-10(2)23-12(4)17(11(3)21-23)20-18(24)16-9-13-14(19)7-6-8-15(13)22(16)5/h6-10H,1-5H3,(H,20,24). The van der Waals surface area contributed by atoms with E-state index in [1.165, 1.54) is 0 Å². The third-order valence-corrected chi connectivity index (χ3v) is 4.65. The number of halogens is 1. The Bertz CT molecular complexity index is 936. The lowest BCUT2D eigenvalue weighted by atomic mass is 10.2. The second-order valence-corrected chi connectivity index (χ2v) is 6.71. The van der Waals surface area contributed by atoms with Crippen LogP contribution in [-0.2, 0) is 7.05 Å². The lowest BCUT2D eigenvalue weighted by Gasteiger charge is -2.10. The highest BCUT2D eigenvalue weighted by atomic mass is 35.5. The van der Waals surface area contributed by atoms with Crippen LogP contribution in [0.3, 0.4) is 0 Å². The first-order chi connectivity index (χ1) is 11.3. The number of anilines is 1. The third kappa shape index (κ3) is 2.59. The molecule has 1 N–H and O–H groups in total. The molecule has 1 amide bonds. The van der Waals surface area contributed by atoms with Gasteiger partial charge in [-0.3, -0.25) is 9.48 Å². The number of hydrogen-bond acceptors (Lipinski definition) is 2. The van der Waals surface area contributed by atoms with Crippen LogP contribution >= 0.6 is 11.6 Å². The highest BCUT2D eigenvalue weighted by Gasteiger charge is 2.19. The summed E-state index contributed by atoms with van der Waals surface area (Å²) in [6.07, 6.45) is 0. The van der Waals surface area contributed by atoms with Gasteiger partial charge in [0.1, 0.15) is 5.69 Å². The smallest absolute Gasteiger partial charge is 0.272 e. The van der Waals surface area contributed by atoms with Crippen LogP contribution in [0, 0.1) is 13.8 Å². The van der Waals surface area contributed by atoms with Crippen LogP contribution in [0.4, 0.5) is 5.69 Å². The van der Waals surface area contributed by atoms with E-state index in [4.69, 9.17) is 11.6 Å². The van der Waals surface area contributed by atoms with Crippen molar-refractivity contribution < 1.29 is 4.79 Å². The summed E-state index contributed by atoms with van der Waals surface area (Å²) in [6, 6.07) is 7.72. The number of carbonyl (C=O) groups excluding carboxylic acids is 1. The molecule has 126 valence electrons. The van der Waals surface area contributed by atoms with E-state index in [9.17, 15) is 4.79 Å². The van der Waals surface area contributed by atoms with Crippen LogP contribution in [0.2, 0.25) is 5.02 Å². The van der Waals surface area contributed by atoms with E-state index in [-0.39, 0.29) is 11.9 Å². The molecule has 0 saturated carbocycles. The van der Waals surface area contributed by atoms with Crippen LogP contribution in [-0.4, -0.2) is 20.3 Å². The molecule has 0 fully saturated rings. The largest absolute Gasteiger partial charge is 0.340 e. The fourth-order valence-corrected chi connectivity index (χ4v) is 3.29. The van der Waals surface area contributed by atoms with Crippen molar-refractivity contribution in [3.63, 3.8) is 0 Å². The molecule has 3 rings (SSSR count). The number of benzene rings is 1. The topological polar surface area (TPSA) is 51.9 Å². The van der Waals surface area contributed by atoms with Gasteiger partial charge in [0.05, 0.1) is 17.1 Å². The number of aromatic nitrogens is 3. The molecule has 0 aliphatic carbocycles. The number of rotatable bonds is 3. The van der Waals surface area contributed by atoms with Crippen LogP contribution in [0.5, 0.6) is 0 Å². The van der Waals surface area contributed by atoms with Gasteiger partial charge in [-0.2, -0.15) is 5.10 Å². The van der Waals surface area contributed by atoms with Gasteiger partial charge in [0.2, 0.25) is 0 Å². The summed E-state index contributed by atoms with van der Waals surface area (Å²) in [6.45, 7) is 8.00. The average molecular weight is 345 g/mol. The van der Waals surface area contributed by atoms with E-state index in [1.54, 1.807) is 0 Å². The third-order valence-electron chi connectivity index (χ3n) is 4.32. The van der Waals surface area contributed by atoms with Gasteiger partial charge in [-0.25, -0.2) is 0 Å². The molecule has 0 spiro atoms. The zero-order chi connectivity index (χ0) is 17.6. The molecule has 3 aromatic rings. The highest BCUT2D eigenvalue weighted by Crippen LogP contribution is 2.28. The lowest BCUT2D eigenvalue weighted by Crippen LogP contribution is -2.16. The Labute approximate surface area is 146 Å². The van der Waals surface area contributed by atoms with Crippen LogP contribution in [0.25, 0.3) is 10.9 Å². The first-order valence-electron chi connectivity index (χ1n) is 7.92. The van der Waals surface area contributed by atoms with E-state index in [0.29, 0.717) is 10.7 Å². The molecule has 6 heteroatoms. The predicted molar refractivity (Wildman–Crippen MR) is 98.0 cm³/mol. The van der Waals surface area contributed by atoms with Gasteiger partial charge in [0.15, 0.2) is 0 Å². The maximum atomic E-state index is 12.8. The minimum atomic E-state index is -0.167. The fraction of sp³-hybridized carbons (Fsp3) is 0.333. The molecule has 0 saturated heterocycles. The molecule has 5 nitrogen and oxygen atoms in total. The van der Waals surface area contributed by atoms with Crippen molar-refractivity contribution in [2.45, 2.75) is 33.7 Å². The maximum Gasteiger partial charge on any atom is 0.272 e. The molecule has 0 aliphatic rings. The Morgan fingerprint density at radius 3 is 2.58 bits per heavy atom. The van der Waals surface area contributed by atoms with E-state index in [0.717, 1.165) is 28.0 Å². The van der Waals surface area contributed by atoms with Gasteiger partial charge in [0.25, 0.3) is 5.91 Å². The molecule has 0 unspecified atom stereocenters. The molecule has 24 heavy (non-hydrogen) atoms. The quantitative estimate of drug-likeness (QED) is 0.761. The zero-order valence-corrected chi connectivity index (χ0v) is 15.3. The molecule has 2 heterocycles. The molecular formula is C18H21ClN4O. The van der Waals surface area contributed by atoms with Crippen molar-refractivity contribution >= 4 is 34.1 Å². The Morgan fingerprint density at radius 2 is 2.00 bits per heavy atom. The van der Waals surface area contributed by atoms with Crippen molar-refractivity contribution in [1.29, 1.82) is 0 Å². The number of amides is 1. The second kappa shape index (κ2) is 5.98. The highest BCUT2D eigenvalue weighted by molar-refractivity contribution is 6.35. The molecule has 0 atom stereocenters. The number of nitrogens with one attached hydrogen (secondary N) is 1. The van der Waals surface area contributed by atoms with Crippen LogP contribution in [0.15, 0.2) is 24.3 Å². The van der Waals surface area contributed by atoms with Gasteiger partial charge in [-0.1, -0.05) is 17.7 Å². The second-order valence-electron chi connectivity index (χ2n) is 6.30. The first-order valence-corrected chi connectivity index (χ1v) is 8.30. The number of aryl methyl sites for hydroxylation is 2. The van der Waals surface area contributed by atoms with Gasteiger partial charge in [-0.15, -0.1) is 0 Å². The SMILES string of the molecule is Cc1nn(C(C)C)c(C)c1NC(=O)c1cc2c(Cl)cccc2n1C. The van der Waals surface area contributed by atoms with Crippen molar-refractivity contribution in [2.24, 2.45) is 7.05 Å². The Kier molecular flexibility index (Phi) is 4.13. The predicted octanol–water partition coefficient (Wildman–Crippen LogP) is 4.48. The monoisotopic (exact) mass is 344 g/mol. The zero-order valence-electron chi connectivity index (χ0n) is 14.5. The molecule has 0 aliphatic heterocycles. The average Bonchev–Trinajstić information content (AvgIpc) is 3.00. The molecule has 1 aromatic carbocycles. The Morgan fingerprint density at radius 1 is 1.29 bits per heavy atom. The molecular weight excluding hydrogens is 324 g/mol. The van der Waals surface area contributed by atoms with E-state index < -0.39 is 0 Å². The molecule has 2 aromatic heterocycles. The normalized spacial score (nSPS) is 11.5. The van der Waals surface area contributed by atoms with E-state index >= 15 is 0 Å². The number of hydrogen-bond donors (Lipinski definition) is 1. The van der Waals surface area contributed by atoms with Gasteiger partial charge in [-0.05, 0) is 45.9 Å². The molecule has 0 radical (unpaired) electrons. The summed E-state index contributed by atoms with van der Waals surface area (Å²) in [4.78, 5) is 12.8. The van der Waals surface area contributed by atoms with Crippen LogP contribution < -0.4 is 5.32 Å². The summed E-state index contributed by atoms with van der Waals surface area (Å²) in [7, 11) is 1.87. The van der Waals surface area contributed by atoms with Gasteiger partial charge >= 0.3 is 0 Å². The first kappa shape index (κ1) is 16.6. The lowest BCUT2D eigenvalue weighted by molar-refractivity contribution is 0.101. The minimum absolute atomic E-state index is 0.167. The fourth-order valence-electron chi connectivity index (χ4n) is 3.07. The van der Waals surface area contributed by atoms with Gasteiger partial charge in [0, 0.05) is 29.0 Å². The Hall–Kier alpha value is -2.27. The number of nitrogens with zero attached hydrogens (tertiary/aromatic N) is 3. The van der Waals surface area contributed by atoms with Crippen molar-refractivity contribution in [3.8, 4) is 0 Å². The van der Waals surface area contributed by atoms with E-state index in [1.807, 2.05) is 54.4 Å². The van der Waals surface area contributed by atoms with Crippen LogP contribution in [0.1, 0.15) is 41.8 Å². The summed E-state index contributed by atoms with van der Waals surface area (Å²) in [5.41, 5.74) is 4.03. The van der Waals surface area contributed by atoms with Gasteiger partial charge < -0.3 is 9.88 Å². The minimum Gasteiger partial charge on any atom is -0.340 e. The maximum absolute atomic E-state index is 12.8. The summed E-state index contributed by atoms with van der Waals surface area (Å²) < 4.78 is 3.78. The van der Waals surface area contributed by atoms with Crippen molar-refractivity contribution in [2.75, 3.05) is 5.32 Å². The Balaban J connectivity index is 2.00. The summed E-state index contributed by atoms with van der Waals surface area (Å²) in [5.74, 6) is -0.167. The van der Waals surface area contributed by atoms with Crippen molar-refractivity contribution in [3.05, 3.63) is 46.4 Å². The molecule has 0 bridgehead atoms. The summed E-state index contributed by atoms with van der Waals surface area (Å²) >= 11 is 6.24. The number of carbonyl (C=O) groups is 1. The van der Waals surface area contributed by atoms with Crippen molar-refractivity contribution in [1.82, 2.24) is 14.3 Å². The van der Waals surface area contributed by atoms with E-state index in [2.05, 4.69) is 24.3 Å². The summed E-state index contributed by atoms with van der Waals surface area (Å²) in [5, 5.41) is 9.03. The number of fused-ring (bicyclic) bond motifs is 1.